The van der Waals surface area contributed by atoms with Gasteiger partial charge in [0, 0.05) is 35.6 Å². The molecule has 0 aliphatic heterocycles. The number of rotatable bonds is 6. The van der Waals surface area contributed by atoms with Crippen LogP contribution in [0.1, 0.15) is 15.9 Å². The highest BCUT2D eigenvalue weighted by Crippen LogP contribution is 2.18. The first-order valence-electron chi connectivity index (χ1n) is 5.70. The quantitative estimate of drug-likeness (QED) is 0.711. The minimum absolute atomic E-state index is 0.0436. The number of hydrogen-bond acceptors (Lipinski definition) is 2. The van der Waals surface area contributed by atoms with Crippen LogP contribution >= 0.6 is 31.9 Å². The summed E-state index contributed by atoms with van der Waals surface area (Å²) in [6, 6.07) is 5.65. The molecule has 1 aromatic carbocycles. The molecule has 0 bridgehead atoms. The summed E-state index contributed by atoms with van der Waals surface area (Å²) in [5, 5.41) is 0.762. The third-order valence-corrected chi connectivity index (χ3v) is 3.86. The van der Waals surface area contributed by atoms with Gasteiger partial charge in [-0.25, -0.2) is 0 Å². The second-order valence-corrected chi connectivity index (χ2v) is 5.59. The van der Waals surface area contributed by atoms with Crippen molar-refractivity contribution in [2.24, 2.45) is 0 Å². The number of benzene rings is 1. The Morgan fingerprint density at radius 2 is 2.11 bits per heavy atom. The molecule has 0 aliphatic rings. The van der Waals surface area contributed by atoms with Crippen molar-refractivity contribution in [3.8, 4) is 0 Å². The highest BCUT2D eigenvalue weighted by atomic mass is 79.9. The maximum absolute atomic E-state index is 12.3. The van der Waals surface area contributed by atoms with Gasteiger partial charge in [-0.05, 0) is 30.7 Å². The van der Waals surface area contributed by atoms with E-state index in [0.29, 0.717) is 25.3 Å². The number of nitrogens with zero attached hydrogens (tertiary/aromatic N) is 1. The van der Waals surface area contributed by atoms with Gasteiger partial charge in [0.05, 0.1) is 6.61 Å². The first-order chi connectivity index (χ1) is 8.60. The van der Waals surface area contributed by atoms with Gasteiger partial charge >= 0.3 is 0 Å². The summed E-state index contributed by atoms with van der Waals surface area (Å²) in [6.07, 6.45) is 0. The van der Waals surface area contributed by atoms with E-state index < -0.39 is 0 Å². The fraction of sp³-hybridized carbons (Fsp3) is 0.462. The van der Waals surface area contributed by atoms with E-state index in [9.17, 15) is 4.79 Å². The first kappa shape index (κ1) is 15.7. The standard InChI is InChI=1S/C13H17Br2NO2/c1-10-9-11(3-4-12(10)15)13(17)16(6-5-14)7-8-18-2/h3-4,9H,5-8H2,1-2H3. The number of alkyl halides is 1. The number of amides is 1. The second-order valence-electron chi connectivity index (χ2n) is 3.94. The van der Waals surface area contributed by atoms with Crippen LogP contribution in [0.2, 0.25) is 0 Å². The van der Waals surface area contributed by atoms with Gasteiger partial charge < -0.3 is 9.64 Å². The first-order valence-corrected chi connectivity index (χ1v) is 7.62. The second kappa shape index (κ2) is 7.92. The lowest BCUT2D eigenvalue weighted by Gasteiger charge is -2.21. The third kappa shape index (κ3) is 4.37. The number of aryl methyl sites for hydroxylation is 1. The zero-order valence-corrected chi connectivity index (χ0v) is 13.8. The molecule has 1 amide bonds. The number of halogens is 2. The van der Waals surface area contributed by atoms with Crippen LogP contribution in [0.25, 0.3) is 0 Å². The number of carbonyl (C=O) groups excluding carboxylic acids is 1. The minimum atomic E-state index is 0.0436. The summed E-state index contributed by atoms with van der Waals surface area (Å²) in [6.45, 7) is 3.81. The van der Waals surface area contributed by atoms with Gasteiger partial charge in [-0.3, -0.25) is 4.79 Å². The zero-order chi connectivity index (χ0) is 13.5. The average Bonchev–Trinajstić information content (AvgIpc) is 2.37. The topological polar surface area (TPSA) is 29.5 Å². The molecule has 0 radical (unpaired) electrons. The number of methoxy groups -OCH3 is 1. The van der Waals surface area contributed by atoms with Crippen molar-refractivity contribution in [2.75, 3.05) is 32.1 Å². The Kier molecular flexibility index (Phi) is 6.89. The SMILES string of the molecule is COCCN(CCBr)C(=O)c1ccc(Br)c(C)c1. The summed E-state index contributed by atoms with van der Waals surface area (Å²) >= 11 is 6.80. The minimum Gasteiger partial charge on any atom is -0.383 e. The summed E-state index contributed by atoms with van der Waals surface area (Å²) < 4.78 is 6.05. The molecule has 0 aliphatic carbocycles. The van der Waals surface area contributed by atoms with Gasteiger partial charge in [0.1, 0.15) is 0 Å². The number of carbonyl (C=O) groups is 1. The van der Waals surface area contributed by atoms with E-state index >= 15 is 0 Å². The molecule has 3 nitrogen and oxygen atoms in total. The summed E-state index contributed by atoms with van der Waals surface area (Å²) in [5.41, 5.74) is 1.78. The van der Waals surface area contributed by atoms with Gasteiger partial charge in [0.2, 0.25) is 0 Å². The van der Waals surface area contributed by atoms with E-state index in [2.05, 4.69) is 31.9 Å². The van der Waals surface area contributed by atoms with E-state index in [1.54, 1.807) is 12.0 Å². The van der Waals surface area contributed by atoms with E-state index in [4.69, 9.17) is 4.74 Å². The molecule has 1 rings (SSSR count). The van der Waals surface area contributed by atoms with E-state index in [-0.39, 0.29) is 5.91 Å². The van der Waals surface area contributed by atoms with E-state index in [0.717, 1.165) is 15.4 Å². The summed E-state index contributed by atoms with van der Waals surface area (Å²) in [5.74, 6) is 0.0436. The van der Waals surface area contributed by atoms with Gasteiger partial charge in [0.25, 0.3) is 5.91 Å². The van der Waals surface area contributed by atoms with Crippen LogP contribution in [0.5, 0.6) is 0 Å². The molecule has 0 atom stereocenters. The van der Waals surface area contributed by atoms with Gasteiger partial charge in [-0.15, -0.1) is 0 Å². The third-order valence-electron chi connectivity index (χ3n) is 2.61. The van der Waals surface area contributed by atoms with Crippen LogP contribution in [0.4, 0.5) is 0 Å². The van der Waals surface area contributed by atoms with Crippen molar-refractivity contribution < 1.29 is 9.53 Å². The molecule has 0 saturated heterocycles. The predicted molar refractivity (Wildman–Crippen MR) is 80.5 cm³/mol. The van der Waals surface area contributed by atoms with Crippen molar-refractivity contribution in [2.45, 2.75) is 6.92 Å². The number of ether oxygens (including phenoxy) is 1. The molecule has 0 fully saturated rings. The maximum atomic E-state index is 12.3. The predicted octanol–water partition coefficient (Wildman–Crippen LogP) is 3.24. The molecule has 1 aromatic rings. The Hall–Kier alpha value is -0.390. The van der Waals surface area contributed by atoms with Crippen LogP contribution in [0.15, 0.2) is 22.7 Å². The lowest BCUT2D eigenvalue weighted by Crippen LogP contribution is -2.35. The van der Waals surface area contributed by atoms with Gasteiger partial charge in [-0.2, -0.15) is 0 Å². The monoisotopic (exact) mass is 377 g/mol. The summed E-state index contributed by atoms with van der Waals surface area (Å²) in [4.78, 5) is 14.1. The Morgan fingerprint density at radius 3 is 2.67 bits per heavy atom. The fourth-order valence-corrected chi connectivity index (χ4v) is 2.25. The molecular formula is C13H17Br2NO2. The van der Waals surface area contributed by atoms with Crippen LogP contribution in [-0.2, 0) is 4.74 Å². The molecular weight excluding hydrogens is 362 g/mol. The van der Waals surface area contributed by atoms with Gasteiger partial charge in [-0.1, -0.05) is 31.9 Å². The Morgan fingerprint density at radius 1 is 1.39 bits per heavy atom. The normalized spacial score (nSPS) is 10.4. The van der Waals surface area contributed by atoms with E-state index in [1.165, 1.54) is 0 Å². The molecule has 18 heavy (non-hydrogen) atoms. The van der Waals surface area contributed by atoms with Crippen molar-refractivity contribution >= 4 is 37.8 Å². The Balaban J connectivity index is 2.83. The molecule has 0 aromatic heterocycles. The molecule has 100 valence electrons. The van der Waals surface area contributed by atoms with Crippen LogP contribution < -0.4 is 0 Å². The molecule has 0 heterocycles. The molecule has 0 saturated carbocycles. The zero-order valence-electron chi connectivity index (χ0n) is 10.6. The van der Waals surface area contributed by atoms with Crippen LogP contribution in [0.3, 0.4) is 0 Å². The maximum Gasteiger partial charge on any atom is 0.253 e. The number of hydrogen-bond donors (Lipinski definition) is 0. The Bertz CT molecular complexity index is 410. The van der Waals surface area contributed by atoms with Crippen LogP contribution in [-0.4, -0.2) is 42.9 Å². The largest absolute Gasteiger partial charge is 0.383 e. The fourth-order valence-electron chi connectivity index (χ4n) is 1.58. The van der Waals surface area contributed by atoms with Crippen molar-refractivity contribution in [3.05, 3.63) is 33.8 Å². The molecule has 0 N–H and O–H groups in total. The smallest absolute Gasteiger partial charge is 0.253 e. The highest BCUT2D eigenvalue weighted by Gasteiger charge is 2.15. The van der Waals surface area contributed by atoms with E-state index in [1.807, 2.05) is 25.1 Å². The van der Waals surface area contributed by atoms with Gasteiger partial charge in [0.15, 0.2) is 0 Å². The van der Waals surface area contributed by atoms with Crippen LogP contribution in [0, 0.1) is 6.92 Å². The Labute approximate surface area is 125 Å². The molecule has 5 heteroatoms. The highest BCUT2D eigenvalue weighted by molar-refractivity contribution is 9.10. The lowest BCUT2D eigenvalue weighted by molar-refractivity contribution is 0.0709. The lowest BCUT2D eigenvalue weighted by atomic mass is 10.1. The molecule has 0 unspecified atom stereocenters. The van der Waals surface area contributed by atoms with Crippen molar-refractivity contribution in [3.63, 3.8) is 0 Å². The van der Waals surface area contributed by atoms with Crippen molar-refractivity contribution in [1.29, 1.82) is 0 Å². The van der Waals surface area contributed by atoms with Crippen molar-refractivity contribution in [1.82, 2.24) is 4.90 Å². The average molecular weight is 379 g/mol. The molecule has 0 spiro atoms. The summed E-state index contributed by atoms with van der Waals surface area (Å²) in [7, 11) is 1.64.